The molecule has 1 saturated carbocycles. The maximum Gasteiger partial charge on any atom is 0.00104 e. The minimum absolute atomic E-state index is 0.390. The van der Waals surface area contributed by atoms with Gasteiger partial charge in [-0.3, -0.25) is 0 Å². The van der Waals surface area contributed by atoms with Crippen LogP contribution < -0.4 is 5.73 Å². The molecular formula is C18H31N. The summed E-state index contributed by atoms with van der Waals surface area (Å²) in [6.45, 7) is 2.12. The summed E-state index contributed by atoms with van der Waals surface area (Å²) >= 11 is 0. The Labute approximate surface area is 119 Å². The van der Waals surface area contributed by atoms with Gasteiger partial charge in [0.05, 0.1) is 0 Å². The molecule has 0 radical (unpaired) electrons. The SMILES string of the molecule is CC(N)CCCCC1CCC(C2=CCCC=C2)CC1. The van der Waals surface area contributed by atoms with Gasteiger partial charge in [0.25, 0.3) is 0 Å². The lowest BCUT2D eigenvalue weighted by molar-refractivity contribution is 0.282. The first-order valence-corrected chi connectivity index (χ1v) is 8.38. The lowest BCUT2D eigenvalue weighted by Crippen LogP contribution is -2.17. The summed E-state index contributed by atoms with van der Waals surface area (Å²) in [4.78, 5) is 0. The van der Waals surface area contributed by atoms with E-state index >= 15 is 0 Å². The average molecular weight is 261 g/mol. The van der Waals surface area contributed by atoms with Crippen molar-refractivity contribution in [2.24, 2.45) is 17.6 Å². The number of rotatable bonds is 6. The van der Waals surface area contributed by atoms with Crippen molar-refractivity contribution >= 4 is 0 Å². The number of unbranched alkanes of at least 4 members (excludes halogenated alkanes) is 1. The summed E-state index contributed by atoms with van der Waals surface area (Å²) in [6, 6.07) is 0.390. The van der Waals surface area contributed by atoms with Crippen LogP contribution in [0.5, 0.6) is 0 Å². The molecular weight excluding hydrogens is 230 g/mol. The highest BCUT2D eigenvalue weighted by Crippen LogP contribution is 2.37. The van der Waals surface area contributed by atoms with Crippen molar-refractivity contribution in [2.45, 2.75) is 77.2 Å². The molecule has 0 spiro atoms. The van der Waals surface area contributed by atoms with Crippen molar-refractivity contribution in [1.29, 1.82) is 0 Å². The molecule has 0 heterocycles. The van der Waals surface area contributed by atoms with Crippen molar-refractivity contribution in [2.75, 3.05) is 0 Å². The van der Waals surface area contributed by atoms with Crippen LogP contribution in [0.2, 0.25) is 0 Å². The Kier molecular flexibility index (Phi) is 6.16. The van der Waals surface area contributed by atoms with E-state index in [9.17, 15) is 0 Å². The molecule has 0 bridgehead atoms. The summed E-state index contributed by atoms with van der Waals surface area (Å²) in [5.74, 6) is 1.87. The Morgan fingerprint density at radius 2 is 1.95 bits per heavy atom. The zero-order valence-electron chi connectivity index (χ0n) is 12.6. The predicted octanol–water partition coefficient (Wildman–Crippen LogP) is 4.98. The molecule has 0 aromatic heterocycles. The Balaban J connectivity index is 1.62. The highest BCUT2D eigenvalue weighted by molar-refractivity contribution is 5.25. The second kappa shape index (κ2) is 7.89. The van der Waals surface area contributed by atoms with E-state index in [2.05, 4.69) is 25.2 Å². The molecule has 1 atom stereocenters. The highest BCUT2D eigenvalue weighted by Gasteiger charge is 2.22. The lowest BCUT2D eigenvalue weighted by atomic mass is 9.76. The topological polar surface area (TPSA) is 26.0 Å². The van der Waals surface area contributed by atoms with Gasteiger partial charge in [-0.05, 0) is 69.3 Å². The van der Waals surface area contributed by atoms with Gasteiger partial charge in [-0.2, -0.15) is 0 Å². The van der Waals surface area contributed by atoms with Gasteiger partial charge in [-0.25, -0.2) is 0 Å². The molecule has 2 aliphatic rings. The van der Waals surface area contributed by atoms with Crippen molar-refractivity contribution in [3.05, 3.63) is 23.8 Å². The van der Waals surface area contributed by atoms with Crippen molar-refractivity contribution in [3.63, 3.8) is 0 Å². The third-order valence-corrected chi connectivity index (χ3v) is 4.86. The molecule has 1 heteroatoms. The molecule has 19 heavy (non-hydrogen) atoms. The van der Waals surface area contributed by atoms with Crippen LogP contribution in [0.25, 0.3) is 0 Å². The van der Waals surface area contributed by atoms with E-state index in [0.717, 1.165) is 11.8 Å². The van der Waals surface area contributed by atoms with Gasteiger partial charge in [0.1, 0.15) is 0 Å². The van der Waals surface area contributed by atoms with Crippen LogP contribution in [0.15, 0.2) is 23.8 Å². The van der Waals surface area contributed by atoms with Crippen LogP contribution >= 0.6 is 0 Å². The summed E-state index contributed by atoms with van der Waals surface area (Å²) in [5.41, 5.74) is 7.44. The highest BCUT2D eigenvalue weighted by atomic mass is 14.6. The number of allylic oxidation sites excluding steroid dienone is 4. The van der Waals surface area contributed by atoms with Gasteiger partial charge in [0, 0.05) is 6.04 Å². The van der Waals surface area contributed by atoms with Crippen LogP contribution in [0.1, 0.15) is 71.1 Å². The molecule has 2 N–H and O–H groups in total. The zero-order valence-corrected chi connectivity index (χ0v) is 12.6. The fraction of sp³-hybridized carbons (Fsp3) is 0.778. The fourth-order valence-corrected chi connectivity index (χ4v) is 3.62. The van der Waals surface area contributed by atoms with Crippen LogP contribution in [0.4, 0.5) is 0 Å². The Morgan fingerprint density at radius 3 is 2.58 bits per heavy atom. The maximum absolute atomic E-state index is 5.80. The van der Waals surface area contributed by atoms with E-state index in [0.29, 0.717) is 6.04 Å². The minimum atomic E-state index is 0.390. The molecule has 0 aromatic rings. The molecule has 1 nitrogen and oxygen atoms in total. The summed E-state index contributed by atoms with van der Waals surface area (Å²) in [6.07, 6.45) is 20.8. The second-order valence-corrected chi connectivity index (χ2v) is 6.66. The summed E-state index contributed by atoms with van der Waals surface area (Å²) in [7, 11) is 0. The quantitative estimate of drug-likeness (QED) is 0.671. The smallest absolute Gasteiger partial charge is 0.00104 e. The summed E-state index contributed by atoms with van der Waals surface area (Å²) < 4.78 is 0. The molecule has 1 unspecified atom stereocenters. The largest absolute Gasteiger partial charge is 0.328 e. The Morgan fingerprint density at radius 1 is 1.16 bits per heavy atom. The van der Waals surface area contributed by atoms with Gasteiger partial charge in [-0.15, -0.1) is 0 Å². The number of hydrogen-bond acceptors (Lipinski definition) is 1. The van der Waals surface area contributed by atoms with E-state index in [4.69, 9.17) is 5.73 Å². The minimum Gasteiger partial charge on any atom is -0.328 e. The van der Waals surface area contributed by atoms with Crippen LogP contribution in [0.3, 0.4) is 0 Å². The van der Waals surface area contributed by atoms with E-state index in [1.807, 2.05) is 0 Å². The van der Waals surface area contributed by atoms with Crippen molar-refractivity contribution < 1.29 is 0 Å². The van der Waals surface area contributed by atoms with Crippen LogP contribution in [0, 0.1) is 11.8 Å². The zero-order chi connectivity index (χ0) is 13.5. The summed E-state index contributed by atoms with van der Waals surface area (Å²) in [5, 5.41) is 0. The first-order chi connectivity index (χ1) is 9.25. The Bertz CT molecular complexity index is 306. The molecule has 0 amide bonds. The molecule has 1 fully saturated rings. The molecule has 0 aliphatic heterocycles. The predicted molar refractivity (Wildman–Crippen MR) is 84.0 cm³/mol. The third kappa shape index (κ3) is 5.14. The van der Waals surface area contributed by atoms with Gasteiger partial charge in [0.2, 0.25) is 0 Å². The lowest BCUT2D eigenvalue weighted by Gasteiger charge is -2.30. The molecule has 2 aliphatic carbocycles. The Hall–Kier alpha value is -0.560. The van der Waals surface area contributed by atoms with Crippen molar-refractivity contribution in [1.82, 2.24) is 0 Å². The van der Waals surface area contributed by atoms with Gasteiger partial charge in [-0.1, -0.05) is 37.5 Å². The molecule has 2 rings (SSSR count). The van der Waals surface area contributed by atoms with E-state index in [1.165, 1.54) is 64.2 Å². The normalized spacial score (nSPS) is 29.1. The first-order valence-electron chi connectivity index (χ1n) is 8.38. The first kappa shape index (κ1) is 14.8. The van der Waals surface area contributed by atoms with Gasteiger partial charge in [0.15, 0.2) is 0 Å². The average Bonchev–Trinajstić information content (AvgIpc) is 2.45. The number of hydrogen-bond donors (Lipinski definition) is 1. The van der Waals surface area contributed by atoms with Crippen LogP contribution in [-0.2, 0) is 0 Å². The monoisotopic (exact) mass is 261 g/mol. The van der Waals surface area contributed by atoms with Crippen molar-refractivity contribution in [3.8, 4) is 0 Å². The van der Waals surface area contributed by atoms with Crippen LogP contribution in [-0.4, -0.2) is 6.04 Å². The molecule has 0 saturated heterocycles. The molecule has 108 valence electrons. The van der Waals surface area contributed by atoms with Gasteiger partial charge < -0.3 is 5.73 Å². The van der Waals surface area contributed by atoms with E-state index in [1.54, 1.807) is 5.57 Å². The van der Waals surface area contributed by atoms with E-state index in [-0.39, 0.29) is 0 Å². The second-order valence-electron chi connectivity index (χ2n) is 6.66. The maximum atomic E-state index is 5.80. The number of nitrogens with two attached hydrogens (primary N) is 1. The van der Waals surface area contributed by atoms with E-state index < -0.39 is 0 Å². The standard InChI is InChI=1S/C18H31N/c1-15(19)7-5-6-8-16-11-13-18(14-12-16)17-9-3-2-4-10-17/h3,9-10,15-16,18H,2,4-8,11-14,19H2,1H3. The fourth-order valence-electron chi connectivity index (χ4n) is 3.62. The van der Waals surface area contributed by atoms with Gasteiger partial charge >= 0.3 is 0 Å². The molecule has 0 aromatic carbocycles. The third-order valence-electron chi connectivity index (χ3n) is 4.86.